The molecule has 1 nitrogen and oxygen atoms in total. The molecule has 0 amide bonds. The second-order valence-corrected chi connectivity index (χ2v) is 2.15. The van der Waals surface area contributed by atoms with Gasteiger partial charge in [-0.1, -0.05) is 13.3 Å². The van der Waals surface area contributed by atoms with Crippen molar-refractivity contribution < 1.29 is 13.5 Å². The summed E-state index contributed by atoms with van der Waals surface area (Å²) in [6, 6.07) is 0. The molecule has 0 fully saturated rings. The Morgan fingerprint density at radius 2 is 2.00 bits per heavy atom. The fourth-order valence-corrected chi connectivity index (χ4v) is 0.521. The summed E-state index contributed by atoms with van der Waals surface area (Å²) in [5.41, 5.74) is 0. The Balaban J connectivity index is 2.77. The summed E-state index contributed by atoms with van der Waals surface area (Å²) in [4.78, 5) is 0. The van der Waals surface area contributed by atoms with Crippen LogP contribution in [0.4, 0.5) is 8.78 Å². The molecule has 0 heterocycles. The third-order valence-corrected chi connectivity index (χ3v) is 1.12. The normalized spacial score (nSPS) is 10.8. The van der Waals surface area contributed by atoms with Gasteiger partial charge in [0.25, 0.3) is 0 Å². The fraction of sp³-hybridized carbons (Fsp3) is 1.00. The van der Waals surface area contributed by atoms with Gasteiger partial charge in [0.2, 0.25) is 6.43 Å². The zero-order valence-electron chi connectivity index (χ0n) is 6.28. The number of ether oxygens (including phenoxy) is 1. The van der Waals surface area contributed by atoms with Crippen LogP contribution in [0.25, 0.3) is 0 Å². The number of halogens is 2. The van der Waals surface area contributed by atoms with Gasteiger partial charge in [0.1, 0.15) is 0 Å². The largest absolute Gasteiger partial charge is 0.381 e. The van der Waals surface area contributed by atoms with Gasteiger partial charge in [0.05, 0.1) is 6.61 Å². The van der Waals surface area contributed by atoms with E-state index in [4.69, 9.17) is 4.74 Å². The van der Waals surface area contributed by atoms with Crippen molar-refractivity contribution in [2.75, 3.05) is 13.2 Å². The summed E-state index contributed by atoms with van der Waals surface area (Å²) in [6.45, 7) is 2.84. The van der Waals surface area contributed by atoms with E-state index in [0.717, 1.165) is 12.8 Å². The van der Waals surface area contributed by atoms with Crippen LogP contribution in [-0.2, 0) is 4.74 Å². The Morgan fingerprint density at radius 3 is 2.50 bits per heavy atom. The molecule has 0 aromatic heterocycles. The van der Waals surface area contributed by atoms with E-state index in [1.54, 1.807) is 0 Å². The molecule has 62 valence electrons. The van der Waals surface area contributed by atoms with Gasteiger partial charge in [-0.2, -0.15) is 0 Å². The number of unbranched alkanes of at least 4 members (excludes halogenated alkanes) is 1. The fourth-order valence-electron chi connectivity index (χ4n) is 0.521. The highest BCUT2D eigenvalue weighted by Crippen LogP contribution is 1.98. The first-order valence-electron chi connectivity index (χ1n) is 3.63. The number of hydrogen-bond acceptors (Lipinski definition) is 1. The van der Waals surface area contributed by atoms with E-state index < -0.39 is 6.43 Å². The molecular formula is C7H14F2O. The van der Waals surface area contributed by atoms with Crippen molar-refractivity contribution in [3.05, 3.63) is 0 Å². The lowest BCUT2D eigenvalue weighted by Gasteiger charge is -2.01. The first kappa shape index (κ1) is 9.82. The summed E-state index contributed by atoms with van der Waals surface area (Å²) in [7, 11) is 0. The standard InChI is InChI=1S/C7H14F2O/c1-2-3-5-10-6-4-7(8)9/h7H,2-6H2,1H3. The lowest BCUT2D eigenvalue weighted by molar-refractivity contribution is 0.0657. The quantitative estimate of drug-likeness (QED) is 0.531. The van der Waals surface area contributed by atoms with E-state index in [2.05, 4.69) is 0 Å². The maximum atomic E-state index is 11.5. The van der Waals surface area contributed by atoms with Gasteiger partial charge in [-0.25, -0.2) is 8.78 Å². The molecule has 0 aromatic carbocycles. The summed E-state index contributed by atoms with van der Waals surface area (Å²) in [5, 5.41) is 0. The first-order chi connectivity index (χ1) is 4.77. The highest BCUT2D eigenvalue weighted by Gasteiger charge is 2.00. The van der Waals surface area contributed by atoms with Crippen LogP contribution < -0.4 is 0 Å². The van der Waals surface area contributed by atoms with Crippen molar-refractivity contribution in [2.45, 2.75) is 32.6 Å². The van der Waals surface area contributed by atoms with Gasteiger partial charge < -0.3 is 4.74 Å². The minimum atomic E-state index is -2.22. The molecule has 0 aliphatic rings. The van der Waals surface area contributed by atoms with E-state index in [9.17, 15) is 8.78 Å². The zero-order valence-corrected chi connectivity index (χ0v) is 6.28. The van der Waals surface area contributed by atoms with Crippen LogP contribution in [-0.4, -0.2) is 19.6 Å². The van der Waals surface area contributed by atoms with Crippen molar-refractivity contribution in [3.8, 4) is 0 Å². The predicted octanol–water partition coefficient (Wildman–Crippen LogP) is 2.46. The monoisotopic (exact) mass is 152 g/mol. The SMILES string of the molecule is CCCCOCCC(F)F. The smallest absolute Gasteiger partial charge is 0.240 e. The predicted molar refractivity (Wildman–Crippen MR) is 36.3 cm³/mol. The Bertz CT molecular complexity index is 66.6. The van der Waals surface area contributed by atoms with E-state index in [0.29, 0.717) is 6.61 Å². The van der Waals surface area contributed by atoms with Crippen molar-refractivity contribution in [3.63, 3.8) is 0 Å². The molecule has 0 aromatic rings. The number of hydrogen-bond donors (Lipinski definition) is 0. The molecule has 0 N–H and O–H groups in total. The molecule has 0 saturated carbocycles. The molecular weight excluding hydrogens is 138 g/mol. The van der Waals surface area contributed by atoms with Crippen molar-refractivity contribution in [1.82, 2.24) is 0 Å². The van der Waals surface area contributed by atoms with E-state index in [-0.39, 0.29) is 13.0 Å². The summed E-state index contributed by atoms with van der Waals surface area (Å²) < 4.78 is 27.8. The minimum absolute atomic E-state index is 0.135. The molecule has 0 rings (SSSR count). The molecule has 0 aliphatic heterocycles. The van der Waals surface area contributed by atoms with Crippen LogP contribution in [0, 0.1) is 0 Å². The van der Waals surface area contributed by atoms with Crippen molar-refractivity contribution in [1.29, 1.82) is 0 Å². The van der Waals surface area contributed by atoms with Gasteiger partial charge in [0.15, 0.2) is 0 Å². The third-order valence-electron chi connectivity index (χ3n) is 1.12. The second-order valence-electron chi connectivity index (χ2n) is 2.15. The Labute approximate surface area is 60.4 Å². The summed E-state index contributed by atoms with van der Waals surface area (Å²) >= 11 is 0. The van der Waals surface area contributed by atoms with Gasteiger partial charge in [-0.05, 0) is 6.42 Å². The second kappa shape index (κ2) is 6.93. The lowest BCUT2D eigenvalue weighted by atomic mass is 10.4. The molecule has 0 spiro atoms. The van der Waals surface area contributed by atoms with Gasteiger partial charge >= 0.3 is 0 Å². The minimum Gasteiger partial charge on any atom is -0.381 e. The van der Waals surface area contributed by atoms with E-state index in [1.807, 2.05) is 6.92 Å². The molecule has 0 saturated heterocycles. The molecule has 10 heavy (non-hydrogen) atoms. The highest BCUT2D eigenvalue weighted by molar-refractivity contribution is 4.38. The molecule has 0 atom stereocenters. The number of rotatable bonds is 6. The van der Waals surface area contributed by atoms with Gasteiger partial charge in [-0.3, -0.25) is 0 Å². The average Bonchev–Trinajstić information content (AvgIpc) is 1.87. The molecule has 3 heteroatoms. The van der Waals surface area contributed by atoms with Gasteiger partial charge in [-0.15, -0.1) is 0 Å². The topological polar surface area (TPSA) is 9.23 Å². The molecule has 0 bridgehead atoms. The Hall–Kier alpha value is -0.180. The number of alkyl halides is 2. The maximum Gasteiger partial charge on any atom is 0.240 e. The first-order valence-corrected chi connectivity index (χ1v) is 3.63. The van der Waals surface area contributed by atoms with Crippen molar-refractivity contribution >= 4 is 0 Å². The summed E-state index contributed by atoms with van der Waals surface area (Å²) in [6.07, 6.45) is -0.344. The third kappa shape index (κ3) is 7.82. The molecule has 0 unspecified atom stereocenters. The molecule has 0 radical (unpaired) electrons. The van der Waals surface area contributed by atoms with Crippen LogP contribution in [0.5, 0.6) is 0 Å². The Kier molecular flexibility index (Phi) is 6.81. The van der Waals surface area contributed by atoms with E-state index in [1.165, 1.54) is 0 Å². The average molecular weight is 152 g/mol. The van der Waals surface area contributed by atoms with Crippen LogP contribution in [0.1, 0.15) is 26.2 Å². The van der Waals surface area contributed by atoms with Gasteiger partial charge in [0, 0.05) is 13.0 Å². The van der Waals surface area contributed by atoms with Crippen LogP contribution in [0.15, 0.2) is 0 Å². The van der Waals surface area contributed by atoms with Crippen molar-refractivity contribution in [2.24, 2.45) is 0 Å². The molecule has 0 aliphatic carbocycles. The van der Waals surface area contributed by atoms with E-state index >= 15 is 0 Å². The maximum absolute atomic E-state index is 11.5. The lowest BCUT2D eigenvalue weighted by Crippen LogP contribution is -2.01. The van der Waals surface area contributed by atoms with Crippen LogP contribution in [0.3, 0.4) is 0 Å². The zero-order chi connectivity index (χ0) is 7.82. The highest BCUT2D eigenvalue weighted by atomic mass is 19.3. The summed E-state index contributed by atoms with van der Waals surface area (Å²) in [5.74, 6) is 0. The van der Waals surface area contributed by atoms with Crippen LogP contribution in [0.2, 0.25) is 0 Å². The Morgan fingerprint density at radius 1 is 1.30 bits per heavy atom. The van der Waals surface area contributed by atoms with Crippen LogP contribution >= 0.6 is 0 Å².